The maximum absolute atomic E-state index is 13.1. The summed E-state index contributed by atoms with van der Waals surface area (Å²) in [6.45, 7) is 0.430. The Morgan fingerprint density at radius 3 is 2.59 bits per heavy atom. The molecule has 1 saturated heterocycles. The fraction of sp³-hybridized carbons (Fsp3) is 0.353. The first-order valence-electron chi connectivity index (χ1n) is 8.17. The van der Waals surface area contributed by atoms with Crippen LogP contribution in [-0.2, 0) is 21.0 Å². The van der Waals surface area contributed by atoms with Gasteiger partial charge < -0.3 is 4.90 Å². The normalized spacial score (nSPS) is 16.7. The van der Waals surface area contributed by atoms with Crippen LogP contribution in [0.15, 0.2) is 46.0 Å². The number of amides is 1. The standard InChI is InChI=1S/C17H17F3N2O3S2/c18-17(19,20)13-5-1-4-12(10-13)14(11-22-8-2-6-15(22)23)21-27(24,25)16-7-3-9-26-16/h1,3-5,7,9-10,14,21H,2,6,8,11H2. The Hall–Kier alpha value is -1.91. The molecule has 0 spiro atoms. The fourth-order valence-electron chi connectivity index (χ4n) is 2.92. The molecule has 3 rings (SSSR count). The van der Waals surface area contributed by atoms with Gasteiger partial charge in [0.1, 0.15) is 4.21 Å². The summed E-state index contributed by atoms with van der Waals surface area (Å²) in [5.74, 6) is -0.137. The van der Waals surface area contributed by atoms with E-state index < -0.39 is 27.8 Å². The molecule has 0 saturated carbocycles. The molecule has 5 nitrogen and oxygen atoms in total. The highest BCUT2D eigenvalue weighted by Crippen LogP contribution is 2.32. The third-order valence-electron chi connectivity index (χ3n) is 4.25. The molecular weight excluding hydrogens is 401 g/mol. The van der Waals surface area contributed by atoms with Crippen molar-refractivity contribution in [2.45, 2.75) is 29.3 Å². The summed E-state index contributed by atoms with van der Waals surface area (Å²) < 4.78 is 66.9. The number of thiophene rings is 1. The van der Waals surface area contributed by atoms with E-state index in [9.17, 15) is 26.4 Å². The van der Waals surface area contributed by atoms with Crippen LogP contribution in [0, 0.1) is 0 Å². The molecule has 1 aromatic heterocycles. The number of likely N-dealkylation sites (tertiary alicyclic amines) is 1. The van der Waals surface area contributed by atoms with Crippen LogP contribution in [-0.4, -0.2) is 32.3 Å². The third-order valence-corrected chi connectivity index (χ3v) is 7.12. The van der Waals surface area contributed by atoms with Crippen molar-refractivity contribution < 1.29 is 26.4 Å². The fourth-order valence-corrected chi connectivity index (χ4v) is 5.15. The van der Waals surface area contributed by atoms with E-state index in [1.54, 1.807) is 11.4 Å². The molecule has 27 heavy (non-hydrogen) atoms. The lowest BCUT2D eigenvalue weighted by molar-refractivity contribution is -0.137. The van der Waals surface area contributed by atoms with E-state index in [4.69, 9.17) is 0 Å². The highest BCUT2D eigenvalue weighted by molar-refractivity contribution is 7.91. The first-order valence-corrected chi connectivity index (χ1v) is 10.5. The molecular formula is C17H17F3N2O3S2. The molecule has 0 aliphatic carbocycles. The van der Waals surface area contributed by atoms with Crippen molar-refractivity contribution in [3.05, 3.63) is 52.9 Å². The van der Waals surface area contributed by atoms with Gasteiger partial charge in [-0.2, -0.15) is 13.2 Å². The van der Waals surface area contributed by atoms with Crippen LogP contribution in [0.3, 0.4) is 0 Å². The summed E-state index contributed by atoms with van der Waals surface area (Å²) in [4.78, 5) is 13.4. The molecule has 146 valence electrons. The SMILES string of the molecule is O=C1CCCN1CC(NS(=O)(=O)c1cccs1)c1cccc(C(F)(F)F)c1. The molecule has 0 bridgehead atoms. The number of nitrogens with zero attached hydrogens (tertiary/aromatic N) is 1. The molecule has 0 radical (unpaired) electrons. The van der Waals surface area contributed by atoms with Gasteiger partial charge in [-0.05, 0) is 35.6 Å². The zero-order valence-corrected chi connectivity index (χ0v) is 15.7. The first kappa shape index (κ1) is 19.8. The molecule has 1 atom stereocenters. The predicted octanol–water partition coefficient (Wildman–Crippen LogP) is 3.41. The van der Waals surface area contributed by atoms with Crippen LogP contribution < -0.4 is 4.72 Å². The van der Waals surface area contributed by atoms with Gasteiger partial charge in [-0.15, -0.1) is 11.3 Å². The molecule has 10 heteroatoms. The number of rotatable bonds is 6. The average Bonchev–Trinajstić information content (AvgIpc) is 3.26. The van der Waals surface area contributed by atoms with Gasteiger partial charge in [0, 0.05) is 19.5 Å². The average molecular weight is 418 g/mol. The maximum Gasteiger partial charge on any atom is 0.416 e. The Morgan fingerprint density at radius 2 is 2.00 bits per heavy atom. The van der Waals surface area contributed by atoms with Crippen molar-refractivity contribution in [3.8, 4) is 0 Å². The lowest BCUT2D eigenvalue weighted by Gasteiger charge is -2.25. The molecule has 1 unspecified atom stereocenters. The smallest absolute Gasteiger partial charge is 0.341 e. The summed E-state index contributed by atoms with van der Waals surface area (Å²) in [7, 11) is -3.92. The Balaban J connectivity index is 1.94. The van der Waals surface area contributed by atoms with Crippen LogP contribution in [0.25, 0.3) is 0 Å². The van der Waals surface area contributed by atoms with Crippen molar-refractivity contribution in [2.24, 2.45) is 0 Å². The second-order valence-corrected chi connectivity index (χ2v) is 9.06. The first-order chi connectivity index (χ1) is 12.7. The van der Waals surface area contributed by atoms with Crippen molar-refractivity contribution in [3.63, 3.8) is 0 Å². The summed E-state index contributed by atoms with van der Waals surface area (Å²) in [6, 6.07) is 6.51. The van der Waals surface area contributed by atoms with Gasteiger partial charge in [0.15, 0.2) is 0 Å². The van der Waals surface area contributed by atoms with Crippen LogP contribution >= 0.6 is 11.3 Å². The quantitative estimate of drug-likeness (QED) is 0.782. The number of hydrogen-bond donors (Lipinski definition) is 1. The zero-order valence-electron chi connectivity index (χ0n) is 14.1. The summed E-state index contributed by atoms with van der Waals surface area (Å²) >= 11 is 1.01. The third kappa shape index (κ3) is 4.69. The topological polar surface area (TPSA) is 66.5 Å². The number of halogens is 3. The van der Waals surface area contributed by atoms with E-state index in [-0.39, 0.29) is 22.2 Å². The Kier molecular flexibility index (Phi) is 5.59. The summed E-state index contributed by atoms with van der Waals surface area (Å²) in [5, 5.41) is 1.60. The van der Waals surface area contributed by atoms with E-state index in [0.29, 0.717) is 19.4 Å². The van der Waals surface area contributed by atoms with E-state index in [1.165, 1.54) is 23.1 Å². The highest BCUT2D eigenvalue weighted by atomic mass is 32.2. The van der Waals surface area contributed by atoms with E-state index >= 15 is 0 Å². The highest BCUT2D eigenvalue weighted by Gasteiger charge is 2.33. The van der Waals surface area contributed by atoms with E-state index in [2.05, 4.69) is 4.72 Å². The Labute approximate surface area is 158 Å². The number of carbonyl (C=O) groups excluding carboxylic acids is 1. The molecule has 1 aliphatic rings. The van der Waals surface area contributed by atoms with Crippen molar-refractivity contribution in [1.82, 2.24) is 9.62 Å². The van der Waals surface area contributed by atoms with E-state index in [0.717, 1.165) is 23.5 Å². The molecule has 1 amide bonds. The number of nitrogens with one attached hydrogen (secondary N) is 1. The van der Waals surface area contributed by atoms with Crippen LogP contribution in [0.2, 0.25) is 0 Å². The van der Waals surface area contributed by atoms with Crippen molar-refractivity contribution in [2.75, 3.05) is 13.1 Å². The van der Waals surface area contributed by atoms with Crippen LogP contribution in [0.5, 0.6) is 0 Å². The number of sulfonamides is 1. The van der Waals surface area contributed by atoms with Gasteiger partial charge >= 0.3 is 6.18 Å². The van der Waals surface area contributed by atoms with Gasteiger partial charge in [-0.1, -0.05) is 18.2 Å². The Bertz CT molecular complexity index is 912. The number of hydrogen-bond acceptors (Lipinski definition) is 4. The molecule has 1 N–H and O–H groups in total. The molecule has 1 aromatic carbocycles. The minimum Gasteiger partial charge on any atom is -0.341 e. The molecule has 1 fully saturated rings. The summed E-state index contributed by atoms with van der Waals surface area (Å²) in [5.41, 5.74) is -0.710. The van der Waals surface area contributed by atoms with Gasteiger partial charge in [0.2, 0.25) is 5.91 Å². The molecule has 1 aliphatic heterocycles. The number of carbonyl (C=O) groups is 1. The van der Waals surface area contributed by atoms with E-state index in [1.807, 2.05) is 0 Å². The van der Waals surface area contributed by atoms with Crippen LogP contribution in [0.4, 0.5) is 13.2 Å². The van der Waals surface area contributed by atoms with Crippen molar-refractivity contribution >= 4 is 27.3 Å². The Morgan fingerprint density at radius 1 is 1.22 bits per heavy atom. The monoisotopic (exact) mass is 418 g/mol. The van der Waals surface area contributed by atoms with Crippen LogP contribution in [0.1, 0.15) is 30.0 Å². The number of benzene rings is 1. The second-order valence-electron chi connectivity index (χ2n) is 6.17. The molecule has 2 heterocycles. The largest absolute Gasteiger partial charge is 0.416 e. The van der Waals surface area contributed by atoms with Gasteiger partial charge in [0.05, 0.1) is 11.6 Å². The van der Waals surface area contributed by atoms with Gasteiger partial charge in [0.25, 0.3) is 10.0 Å². The second kappa shape index (κ2) is 7.61. The van der Waals surface area contributed by atoms with Gasteiger partial charge in [-0.25, -0.2) is 13.1 Å². The predicted molar refractivity (Wildman–Crippen MR) is 94.6 cm³/mol. The van der Waals surface area contributed by atoms with Crippen molar-refractivity contribution in [1.29, 1.82) is 0 Å². The minimum absolute atomic E-state index is 0.0231. The summed E-state index contributed by atoms with van der Waals surface area (Å²) in [6.07, 6.45) is -3.55. The minimum atomic E-state index is -4.54. The maximum atomic E-state index is 13.1. The lowest BCUT2D eigenvalue weighted by atomic mass is 10.0. The zero-order chi connectivity index (χ0) is 19.7. The molecule has 2 aromatic rings. The number of alkyl halides is 3. The van der Waals surface area contributed by atoms with Gasteiger partial charge in [-0.3, -0.25) is 4.79 Å². The lowest BCUT2D eigenvalue weighted by Crippen LogP contribution is -2.38.